The van der Waals surface area contributed by atoms with Crippen LogP contribution < -0.4 is 5.32 Å². The summed E-state index contributed by atoms with van der Waals surface area (Å²) in [5.74, 6) is -1.46. The molecule has 0 saturated carbocycles. The third-order valence-corrected chi connectivity index (χ3v) is 9.45. The van der Waals surface area contributed by atoms with Gasteiger partial charge in [0.2, 0.25) is 11.8 Å². The largest absolute Gasteiger partial charge is 0.466 e. The molecule has 1 spiro atoms. The lowest BCUT2D eigenvalue weighted by molar-refractivity contribution is -0.153. The van der Waals surface area contributed by atoms with Crippen LogP contribution in [0.3, 0.4) is 0 Å². The van der Waals surface area contributed by atoms with Crippen molar-refractivity contribution in [3.8, 4) is 0 Å². The van der Waals surface area contributed by atoms with Gasteiger partial charge in [-0.3, -0.25) is 19.3 Å². The van der Waals surface area contributed by atoms with E-state index < -0.39 is 22.6 Å². The molecular weight excluding hydrogens is 446 g/mol. The van der Waals surface area contributed by atoms with E-state index >= 15 is 0 Å². The maximum Gasteiger partial charge on any atom is 0.310 e. The second-order valence-corrected chi connectivity index (χ2v) is 11.0. The standard InChI is InChI=1S/C23H37N3O6S/c1-2-32-22(30)17-16-6-7-23(33-16)18(17)21(29)26(9-4-3-5-13-27)19(23)20(28)24-8-10-25-11-14-31-15-12-25/h16-19,27H,2-15H2,1H3,(H,24,28)/t16-,17+,18-,19?,23?/m0/s1. The molecule has 4 saturated heterocycles. The number of nitrogens with zero attached hydrogens (tertiary/aromatic N) is 2. The smallest absolute Gasteiger partial charge is 0.310 e. The Morgan fingerprint density at radius 1 is 1.24 bits per heavy atom. The van der Waals surface area contributed by atoms with E-state index in [1.807, 2.05) is 0 Å². The number of hydrogen-bond acceptors (Lipinski definition) is 8. The average molecular weight is 484 g/mol. The van der Waals surface area contributed by atoms with Crippen LogP contribution in [0, 0.1) is 11.8 Å². The summed E-state index contributed by atoms with van der Waals surface area (Å²) in [7, 11) is 0. The fourth-order valence-corrected chi connectivity index (χ4v) is 8.24. The van der Waals surface area contributed by atoms with Crippen LogP contribution in [0.5, 0.6) is 0 Å². The minimum absolute atomic E-state index is 0.0400. The maximum absolute atomic E-state index is 13.6. The molecule has 2 N–H and O–H groups in total. The lowest BCUT2D eigenvalue weighted by atomic mass is 9.71. The first-order valence-electron chi connectivity index (χ1n) is 12.4. The number of esters is 1. The van der Waals surface area contributed by atoms with Gasteiger partial charge in [-0.25, -0.2) is 0 Å². The Morgan fingerprint density at radius 2 is 2.03 bits per heavy atom. The summed E-state index contributed by atoms with van der Waals surface area (Å²) in [6, 6.07) is -0.566. The number of likely N-dealkylation sites (tertiary alicyclic amines) is 1. The fourth-order valence-electron chi connectivity index (χ4n) is 6.03. The topological polar surface area (TPSA) is 108 Å². The molecule has 186 valence electrons. The highest BCUT2D eigenvalue weighted by Gasteiger charge is 2.73. The molecule has 0 aromatic heterocycles. The number of morpholine rings is 1. The van der Waals surface area contributed by atoms with Gasteiger partial charge in [0.1, 0.15) is 6.04 Å². The number of rotatable bonds is 11. The van der Waals surface area contributed by atoms with E-state index in [-0.39, 0.29) is 36.2 Å². The number of hydrogen-bond donors (Lipinski definition) is 2. The van der Waals surface area contributed by atoms with E-state index in [4.69, 9.17) is 14.6 Å². The molecular formula is C23H37N3O6S. The predicted molar refractivity (Wildman–Crippen MR) is 124 cm³/mol. The number of fused-ring (bicyclic) bond motifs is 1. The van der Waals surface area contributed by atoms with E-state index in [9.17, 15) is 14.4 Å². The Hall–Kier alpha value is -1.36. The van der Waals surface area contributed by atoms with E-state index in [1.165, 1.54) is 0 Å². The third-order valence-electron chi connectivity index (χ3n) is 7.50. The summed E-state index contributed by atoms with van der Waals surface area (Å²) in [6.45, 7) is 7.09. The summed E-state index contributed by atoms with van der Waals surface area (Å²) in [4.78, 5) is 44.0. The summed E-state index contributed by atoms with van der Waals surface area (Å²) >= 11 is 1.67. The third kappa shape index (κ3) is 4.76. The monoisotopic (exact) mass is 483 g/mol. The highest BCUT2D eigenvalue weighted by Crippen LogP contribution is 2.66. The van der Waals surface area contributed by atoms with Crippen molar-refractivity contribution in [1.29, 1.82) is 0 Å². The molecule has 5 atom stereocenters. The van der Waals surface area contributed by atoms with Crippen molar-refractivity contribution in [3.05, 3.63) is 0 Å². The highest BCUT2D eigenvalue weighted by atomic mass is 32.2. The number of nitrogens with one attached hydrogen (secondary N) is 1. The molecule has 0 radical (unpaired) electrons. The van der Waals surface area contributed by atoms with Crippen molar-refractivity contribution < 1.29 is 29.0 Å². The first-order chi connectivity index (χ1) is 16.0. The van der Waals surface area contributed by atoms with Crippen LogP contribution in [0.25, 0.3) is 0 Å². The molecule has 4 heterocycles. The van der Waals surface area contributed by atoms with Crippen molar-refractivity contribution >= 4 is 29.5 Å². The molecule has 0 aliphatic carbocycles. The molecule has 10 heteroatoms. The van der Waals surface area contributed by atoms with E-state index in [2.05, 4.69) is 10.2 Å². The lowest BCUT2D eigenvalue weighted by Gasteiger charge is -2.34. The number of aliphatic hydroxyl groups excluding tert-OH is 1. The van der Waals surface area contributed by atoms with Gasteiger partial charge in [-0.15, -0.1) is 11.8 Å². The zero-order valence-corrected chi connectivity index (χ0v) is 20.3. The second-order valence-electron chi connectivity index (χ2n) is 9.37. The first kappa shape index (κ1) is 24.8. The van der Waals surface area contributed by atoms with Crippen LogP contribution in [-0.2, 0) is 23.9 Å². The van der Waals surface area contributed by atoms with Gasteiger partial charge in [-0.1, -0.05) is 0 Å². The Bertz CT molecular complexity index is 733. The number of carbonyl (C=O) groups excluding carboxylic acids is 3. The van der Waals surface area contributed by atoms with E-state index in [1.54, 1.807) is 23.6 Å². The minimum Gasteiger partial charge on any atom is -0.466 e. The number of thioether (sulfide) groups is 1. The van der Waals surface area contributed by atoms with Crippen LogP contribution >= 0.6 is 11.8 Å². The highest BCUT2D eigenvalue weighted by molar-refractivity contribution is 8.02. The summed E-state index contributed by atoms with van der Waals surface area (Å²) in [5.41, 5.74) is 0. The van der Waals surface area contributed by atoms with Crippen molar-refractivity contribution in [2.75, 3.05) is 59.2 Å². The molecule has 9 nitrogen and oxygen atoms in total. The molecule has 2 amide bonds. The molecule has 33 heavy (non-hydrogen) atoms. The zero-order chi connectivity index (χ0) is 23.4. The number of ether oxygens (including phenoxy) is 2. The SMILES string of the molecule is CCOC(=O)[C@@H]1[C@@H]2CCC3(S2)C(C(=O)NCCN2CCOCC2)N(CCCCCO)C(=O)[C@H]13. The van der Waals surface area contributed by atoms with Crippen molar-refractivity contribution in [1.82, 2.24) is 15.1 Å². The first-order valence-corrected chi connectivity index (χ1v) is 13.2. The summed E-state index contributed by atoms with van der Waals surface area (Å²) in [5, 5.41) is 12.2. The Kier molecular flexibility index (Phi) is 8.19. The minimum atomic E-state index is -0.566. The predicted octanol–water partition coefficient (Wildman–Crippen LogP) is 0.252. The van der Waals surface area contributed by atoms with Crippen LogP contribution in [0.2, 0.25) is 0 Å². The molecule has 2 unspecified atom stereocenters. The van der Waals surface area contributed by atoms with Gasteiger partial charge in [-0.2, -0.15) is 0 Å². The van der Waals surface area contributed by atoms with E-state index in [0.29, 0.717) is 32.7 Å². The molecule has 4 rings (SSSR count). The van der Waals surface area contributed by atoms with Crippen molar-refractivity contribution in [3.63, 3.8) is 0 Å². The number of amides is 2. The number of aliphatic hydroxyl groups is 1. The maximum atomic E-state index is 13.6. The normalized spacial score (nSPS) is 33.4. The van der Waals surface area contributed by atoms with Gasteiger partial charge in [0.05, 0.1) is 36.4 Å². The van der Waals surface area contributed by atoms with Crippen molar-refractivity contribution in [2.24, 2.45) is 11.8 Å². The molecule has 4 fully saturated rings. The van der Waals surface area contributed by atoms with Gasteiger partial charge in [0.25, 0.3) is 0 Å². The van der Waals surface area contributed by atoms with Crippen LogP contribution in [0.15, 0.2) is 0 Å². The molecule has 4 aliphatic heterocycles. The van der Waals surface area contributed by atoms with Crippen LogP contribution in [0.4, 0.5) is 0 Å². The van der Waals surface area contributed by atoms with Gasteiger partial charge < -0.3 is 24.8 Å². The quantitative estimate of drug-likeness (QED) is 0.318. The van der Waals surface area contributed by atoms with E-state index in [0.717, 1.165) is 45.3 Å². The molecule has 0 aromatic carbocycles. The van der Waals surface area contributed by atoms with Gasteiger partial charge >= 0.3 is 5.97 Å². The Balaban J connectivity index is 1.49. The van der Waals surface area contributed by atoms with Crippen LogP contribution in [0.1, 0.15) is 39.0 Å². The Labute approximate surface area is 199 Å². The molecule has 0 aromatic rings. The summed E-state index contributed by atoms with van der Waals surface area (Å²) in [6.07, 6.45) is 3.79. The van der Waals surface area contributed by atoms with Gasteiger partial charge in [0.15, 0.2) is 0 Å². The molecule has 4 aliphatic rings. The fraction of sp³-hybridized carbons (Fsp3) is 0.870. The second kappa shape index (κ2) is 10.9. The van der Waals surface area contributed by atoms with Gasteiger partial charge in [0, 0.05) is 44.6 Å². The summed E-state index contributed by atoms with van der Waals surface area (Å²) < 4.78 is 10.2. The number of carbonyl (C=O) groups is 3. The average Bonchev–Trinajstić information content (AvgIpc) is 3.45. The Morgan fingerprint density at radius 3 is 2.76 bits per heavy atom. The number of unbranched alkanes of at least 4 members (excludes halogenated alkanes) is 2. The van der Waals surface area contributed by atoms with Gasteiger partial charge in [-0.05, 0) is 39.0 Å². The molecule has 2 bridgehead atoms. The van der Waals surface area contributed by atoms with Crippen molar-refractivity contribution in [2.45, 2.75) is 55.1 Å². The lowest BCUT2D eigenvalue weighted by Crippen LogP contribution is -2.54. The van der Waals surface area contributed by atoms with Crippen LogP contribution in [-0.4, -0.2) is 108 Å². The zero-order valence-electron chi connectivity index (χ0n) is 19.5.